The summed E-state index contributed by atoms with van der Waals surface area (Å²) in [6.07, 6.45) is 2.13. The summed E-state index contributed by atoms with van der Waals surface area (Å²) in [5.41, 5.74) is 1.20. The molecule has 118 valence electrons. The average Bonchev–Trinajstić information content (AvgIpc) is 3.12. The molecule has 3 rings (SSSR count). The number of rotatable bonds is 5. The van der Waals surface area contributed by atoms with Crippen LogP contribution in [0.15, 0.2) is 28.8 Å². The predicted octanol–water partition coefficient (Wildman–Crippen LogP) is 2.34. The lowest BCUT2D eigenvalue weighted by Gasteiger charge is -2.13. The van der Waals surface area contributed by atoms with Gasteiger partial charge in [-0.2, -0.15) is 4.98 Å². The SMILES string of the molecule is CN(C)c1noc(CN2CCC(Cc3ccc(F)cc3)C2)n1. The van der Waals surface area contributed by atoms with Gasteiger partial charge in [0.2, 0.25) is 5.89 Å². The van der Waals surface area contributed by atoms with Gasteiger partial charge in [-0.25, -0.2) is 4.39 Å². The van der Waals surface area contributed by atoms with Crippen LogP contribution in [-0.4, -0.2) is 42.2 Å². The molecule has 6 heteroatoms. The van der Waals surface area contributed by atoms with Crippen LogP contribution in [-0.2, 0) is 13.0 Å². The first-order valence-corrected chi connectivity index (χ1v) is 7.57. The Bertz CT molecular complexity index is 611. The second-order valence-corrected chi connectivity index (χ2v) is 6.10. The van der Waals surface area contributed by atoms with Crippen molar-refractivity contribution in [2.24, 2.45) is 5.92 Å². The first kappa shape index (κ1) is 15.0. The van der Waals surface area contributed by atoms with Gasteiger partial charge in [-0.3, -0.25) is 4.90 Å². The fourth-order valence-corrected chi connectivity index (χ4v) is 2.86. The minimum Gasteiger partial charge on any atom is -0.344 e. The van der Waals surface area contributed by atoms with Gasteiger partial charge in [0.15, 0.2) is 0 Å². The molecule has 0 radical (unpaired) electrons. The van der Waals surface area contributed by atoms with Gasteiger partial charge in [-0.15, -0.1) is 0 Å². The monoisotopic (exact) mass is 304 g/mol. The Kier molecular flexibility index (Phi) is 4.38. The highest BCUT2D eigenvalue weighted by Crippen LogP contribution is 2.22. The number of anilines is 1. The number of aromatic nitrogens is 2. The van der Waals surface area contributed by atoms with Crippen LogP contribution in [0.1, 0.15) is 17.9 Å². The number of nitrogens with zero attached hydrogens (tertiary/aromatic N) is 4. The number of hydrogen-bond acceptors (Lipinski definition) is 5. The van der Waals surface area contributed by atoms with Crippen molar-refractivity contribution in [1.82, 2.24) is 15.0 Å². The summed E-state index contributed by atoms with van der Waals surface area (Å²) >= 11 is 0. The zero-order valence-corrected chi connectivity index (χ0v) is 13.0. The molecule has 1 aliphatic heterocycles. The molecule has 0 bridgehead atoms. The van der Waals surface area contributed by atoms with E-state index in [1.165, 1.54) is 17.7 Å². The van der Waals surface area contributed by atoms with E-state index < -0.39 is 0 Å². The third-order valence-electron chi connectivity index (χ3n) is 4.02. The van der Waals surface area contributed by atoms with Crippen LogP contribution in [0.4, 0.5) is 10.3 Å². The molecule has 1 saturated heterocycles. The lowest BCUT2D eigenvalue weighted by molar-refractivity contribution is 0.260. The highest BCUT2D eigenvalue weighted by Gasteiger charge is 2.24. The Hall–Kier alpha value is -1.95. The van der Waals surface area contributed by atoms with Gasteiger partial charge in [0, 0.05) is 20.6 Å². The second kappa shape index (κ2) is 6.44. The highest BCUT2D eigenvalue weighted by molar-refractivity contribution is 5.23. The third kappa shape index (κ3) is 3.62. The van der Waals surface area contributed by atoms with Crippen molar-refractivity contribution in [1.29, 1.82) is 0 Å². The van der Waals surface area contributed by atoms with Crippen molar-refractivity contribution >= 4 is 5.95 Å². The molecule has 5 nitrogen and oxygen atoms in total. The molecule has 1 unspecified atom stereocenters. The van der Waals surface area contributed by atoms with Crippen LogP contribution < -0.4 is 4.90 Å². The zero-order valence-electron chi connectivity index (χ0n) is 13.0. The number of halogens is 1. The first-order chi connectivity index (χ1) is 10.6. The van der Waals surface area contributed by atoms with Crippen LogP contribution in [0.5, 0.6) is 0 Å². The lowest BCUT2D eigenvalue weighted by Crippen LogP contribution is -2.21. The molecule has 1 aromatic heterocycles. The summed E-state index contributed by atoms with van der Waals surface area (Å²) in [6.45, 7) is 2.74. The molecule has 0 spiro atoms. The van der Waals surface area contributed by atoms with E-state index in [1.807, 2.05) is 31.1 Å². The molecule has 2 heterocycles. The summed E-state index contributed by atoms with van der Waals surface area (Å²) in [5, 5.41) is 3.93. The molecular weight excluding hydrogens is 283 g/mol. The highest BCUT2D eigenvalue weighted by atomic mass is 19.1. The second-order valence-electron chi connectivity index (χ2n) is 6.10. The molecule has 1 atom stereocenters. The van der Waals surface area contributed by atoms with E-state index in [2.05, 4.69) is 15.0 Å². The Morgan fingerprint density at radius 3 is 2.77 bits per heavy atom. The largest absolute Gasteiger partial charge is 0.344 e. The number of hydrogen-bond donors (Lipinski definition) is 0. The first-order valence-electron chi connectivity index (χ1n) is 7.57. The summed E-state index contributed by atoms with van der Waals surface area (Å²) in [7, 11) is 3.78. The van der Waals surface area contributed by atoms with E-state index in [0.29, 0.717) is 24.3 Å². The smallest absolute Gasteiger partial charge is 0.265 e. The minimum atomic E-state index is -0.176. The van der Waals surface area contributed by atoms with Crippen molar-refractivity contribution < 1.29 is 8.91 Å². The van der Waals surface area contributed by atoms with E-state index in [9.17, 15) is 4.39 Å². The van der Waals surface area contributed by atoms with Crippen LogP contribution in [0.25, 0.3) is 0 Å². The summed E-state index contributed by atoms with van der Waals surface area (Å²) in [5.74, 6) is 1.69. The van der Waals surface area contributed by atoms with Crippen LogP contribution in [0, 0.1) is 11.7 Å². The van der Waals surface area contributed by atoms with Gasteiger partial charge in [0.1, 0.15) is 5.82 Å². The topological polar surface area (TPSA) is 45.4 Å². The van der Waals surface area contributed by atoms with Gasteiger partial charge >= 0.3 is 0 Å². The third-order valence-corrected chi connectivity index (χ3v) is 4.02. The lowest BCUT2D eigenvalue weighted by atomic mass is 9.99. The van der Waals surface area contributed by atoms with Gasteiger partial charge in [0.05, 0.1) is 6.54 Å². The van der Waals surface area contributed by atoms with E-state index in [0.717, 1.165) is 25.9 Å². The van der Waals surface area contributed by atoms with E-state index >= 15 is 0 Å². The Balaban J connectivity index is 1.52. The molecule has 0 saturated carbocycles. The zero-order chi connectivity index (χ0) is 15.5. The van der Waals surface area contributed by atoms with Gasteiger partial charge in [-0.1, -0.05) is 12.1 Å². The van der Waals surface area contributed by atoms with Crippen molar-refractivity contribution in [2.45, 2.75) is 19.4 Å². The molecule has 22 heavy (non-hydrogen) atoms. The maximum atomic E-state index is 12.9. The normalized spacial score (nSPS) is 18.8. The van der Waals surface area contributed by atoms with Crippen LogP contribution in [0.3, 0.4) is 0 Å². The molecule has 0 amide bonds. The average molecular weight is 304 g/mol. The molecule has 1 aliphatic rings. The minimum absolute atomic E-state index is 0.176. The van der Waals surface area contributed by atoms with Crippen molar-refractivity contribution in [3.05, 3.63) is 41.5 Å². The van der Waals surface area contributed by atoms with Crippen molar-refractivity contribution in [2.75, 3.05) is 32.1 Å². The predicted molar refractivity (Wildman–Crippen MR) is 82.1 cm³/mol. The fourth-order valence-electron chi connectivity index (χ4n) is 2.86. The maximum Gasteiger partial charge on any atom is 0.265 e. The van der Waals surface area contributed by atoms with Gasteiger partial charge < -0.3 is 9.42 Å². The quantitative estimate of drug-likeness (QED) is 0.848. The molecular formula is C16H21FN4O. The van der Waals surface area contributed by atoms with E-state index in [4.69, 9.17) is 4.52 Å². The molecule has 2 aromatic rings. The Morgan fingerprint density at radius 1 is 1.32 bits per heavy atom. The van der Waals surface area contributed by atoms with Crippen LogP contribution >= 0.6 is 0 Å². The number of benzene rings is 1. The fraction of sp³-hybridized carbons (Fsp3) is 0.500. The molecule has 1 aromatic carbocycles. The standard InChI is InChI=1S/C16H21FN4O/c1-20(2)16-18-15(22-19-16)11-21-8-7-13(10-21)9-12-3-5-14(17)6-4-12/h3-6,13H,7-11H2,1-2H3. The molecule has 0 aliphatic carbocycles. The summed E-state index contributed by atoms with van der Waals surface area (Å²) in [6, 6.07) is 6.81. The van der Waals surface area contributed by atoms with E-state index in [-0.39, 0.29) is 5.82 Å². The molecule has 0 N–H and O–H groups in total. The van der Waals surface area contributed by atoms with Crippen molar-refractivity contribution in [3.63, 3.8) is 0 Å². The Morgan fingerprint density at radius 2 is 2.09 bits per heavy atom. The van der Waals surface area contributed by atoms with Crippen molar-refractivity contribution in [3.8, 4) is 0 Å². The maximum absolute atomic E-state index is 12.9. The summed E-state index contributed by atoms with van der Waals surface area (Å²) < 4.78 is 18.2. The van der Waals surface area contributed by atoms with Gasteiger partial charge in [0.25, 0.3) is 5.95 Å². The Labute approximate surface area is 129 Å². The van der Waals surface area contributed by atoms with Gasteiger partial charge in [-0.05, 0) is 48.2 Å². The van der Waals surface area contributed by atoms with Crippen LogP contribution in [0.2, 0.25) is 0 Å². The summed E-state index contributed by atoms with van der Waals surface area (Å²) in [4.78, 5) is 8.52. The number of likely N-dealkylation sites (tertiary alicyclic amines) is 1. The molecule has 1 fully saturated rings. The van der Waals surface area contributed by atoms with E-state index in [1.54, 1.807) is 0 Å².